The fraction of sp³-hybridized carbons (Fsp3) is 0.240. The fourth-order valence-corrected chi connectivity index (χ4v) is 4.57. The first-order chi connectivity index (χ1) is 14.6. The van der Waals surface area contributed by atoms with E-state index >= 15 is 0 Å². The highest BCUT2D eigenvalue weighted by atomic mass is 16.1. The van der Waals surface area contributed by atoms with Crippen molar-refractivity contribution in [3.05, 3.63) is 88.9 Å². The molecule has 1 N–H and O–H groups in total. The minimum atomic E-state index is -0.0360. The molecule has 0 spiro atoms. The van der Waals surface area contributed by atoms with E-state index in [2.05, 4.69) is 39.6 Å². The van der Waals surface area contributed by atoms with Crippen LogP contribution in [-0.2, 0) is 6.42 Å². The summed E-state index contributed by atoms with van der Waals surface area (Å²) in [5.74, 6) is 0.816. The lowest BCUT2D eigenvalue weighted by atomic mass is 9.87. The second-order valence-corrected chi connectivity index (χ2v) is 7.91. The Morgan fingerprint density at radius 3 is 2.83 bits per heavy atom. The van der Waals surface area contributed by atoms with Gasteiger partial charge in [-0.15, -0.1) is 0 Å². The van der Waals surface area contributed by atoms with E-state index in [0.29, 0.717) is 5.56 Å². The standard InChI is InChI=1S/C25H24N4O/c1-16-19(25(30)28-21-12-5-9-18-8-3-4-10-20(18)21)11-6-14-23(16)29-17(2)27-22-13-7-15-26-24(22)29/h3-4,6-8,10-11,13-15,21H,5,9,12H2,1-2H3,(H,28,30)/t21-/m1/s1. The van der Waals surface area contributed by atoms with Crippen molar-refractivity contribution >= 4 is 17.1 Å². The molecule has 2 aromatic carbocycles. The number of fused-ring (bicyclic) bond motifs is 2. The molecule has 0 radical (unpaired) electrons. The number of nitrogens with zero attached hydrogens (tertiary/aromatic N) is 3. The van der Waals surface area contributed by atoms with Gasteiger partial charge in [-0.3, -0.25) is 9.36 Å². The van der Waals surface area contributed by atoms with Crippen molar-refractivity contribution in [1.29, 1.82) is 0 Å². The van der Waals surface area contributed by atoms with Crippen molar-refractivity contribution in [3.8, 4) is 5.69 Å². The number of benzene rings is 2. The second-order valence-electron chi connectivity index (χ2n) is 7.91. The molecule has 0 unspecified atom stereocenters. The molecule has 1 aliphatic carbocycles. The average molecular weight is 396 g/mol. The van der Waals surface area contributed by atoms with Gasteiger partial charge in [-0.05, 0) is 74.1 Å². The van der Waals surface area contributed by atoms with E-state index in [1.54, 1.807) is 6.20 Å². The lowest BCUT2D eigenvalue weighted by molar-refractivity contribution is 0.0932. The molecule has 5 nitrogen and oxygen atoms in total. The first kappa shape index (κ1) is 18.6. The van der Waals surface area contributed by atoms with Gasteiger partial charge in [0, 0.05) is 11.8 Å². The van der Waals surface area contributed by atoms with Crippen LogP contribution >= 0.6 is 0 Å². The number of nitrogens with one attached hydrogen (secondary N) is 1. The summed E-state index contributed by atoms with van der Waals surface area (Å²) in [6, 6.07) is 18.2. The number of aromatic nitrogens is 3. The van der Waals surface area contributed by atoms with Gasteiger partial charge >= 0.3 is 0 Å². The molecule has 1 atom stereocenters. The van der Waals surface area contributed by atoms with E-state index in [9.17, 15) is 4.79 Å². The summed E-state index contributed by atoms with van der Waals surface area (Å²) in [5, 5.41) is 3.28. The zero-order chi connectivity index (χ0) is 20.7. The monoisotopic (exact) mass is 396 g/mol. The summed E-state index contributed by atoms with van der Waals surface area (Å²) < 4.78 is 2.03. The third kappa shape index (κ3) is 3.07. The Labute approximate surface area is 175 Å². The van der Waals surface area contributed by atoms with Gasteiger partial charge in [0.05, 0.1) is 11.7 Å². The Hall–Kier alpha value is -3.47. The van der Waals surface area contributed by atoms with Gasteiger partial charge in [0.15, 0.2) is 5.65 Å². The third-order valence-corrected chi connectivity index (χ3v) is 6.05. The molecule has 1 amide bonds. The first-order valence-electron chi connectivity index (χ1n) is 10.4. The minimum absolute atomic E-state index is 0.0360. The Kier molecular flexibility index (Phi) is 4.58. The molecule has 0 saturated heterocycles. The number of rotatable bonds is 3. The molecule has 0 bridgehead atoms. The molecule has 5 rings (SSSR count). The number of amides is 1. The Bertz CT molecular complexity index is 1260. The molecule has 150 valence electrons. The molecule has 2 aromatic heterocycles. The Balaban J connectivity index is 1.51. The smallest absolute Gasteiger partial charge is 0.252 e. The predicted octanol–water partition coefficient (Wildman–Crippen LogP) is 4.84. The van der Waals surface area contributed by atoms with Gasteiger partial charge in [0.2, 0.25) is 0 Å². The molecule has 0 saturated carbocycles. The van der Waals surface area contributed by atoms with E-state index in [1.807, 2.05) is 48.7 Å². The highest BCUT2D eigenvalue weighted by Crippen LogP contribution is 2.30. The van der Waals surface area contributed by atoms with Crippen LogP contribution in [-0.4, -0.2) is 20.4 Å². The lowest BCUT2D eigenvalue weighted by Gasteiger charge is -2.26. The quantitative estimate of drug-likeness (QED) is 0.539. The number of hydrogen-bond donors (Lipinski definition) is 1. The van der Waals surface area contributed by atoms with Crippen LogP contribution in [0.4, 0.5) is 0 Å². The van der Waals surface area contributed by atoms with Crippen molar-refractivity contribution in [3.63, 3.8) is 0 Å². The molecule has 5 heteroatoms. The number of carbonyl (C=O) groups is 1. The van der Waals surface area contributed by atoms with Crippen LogP contribution in [0.1, 0.15) is 51.8 Å². The van der Waals surface area contributed by atoms with Gasteiger partial charge in [-0.2, -0.15) is 0 Å². The van der Waals surface area contributed by atoms with Crippen molar-refractivity contribution in [2.45, 2.75) is 39.2 Å². The van der Waals surface area contributed by atoms with Crippen molar-refractivity contribution < 1.29 is 4.79 Å². The Morgan fingerprint density at radius 1 is 1.07 bits per heavy atom. The average Bonchev–Trinajstić information content (AvgIpc) is 3.10. The van der Waals surface area contributed by atoms with E-state index < -0.39 is 0 Å². The number of pyridine rings is 1. The van der Waals surface area contributed by atoms with Crippen molar-refractivity contribution in [2.75, 3.05) is 0 Å². The molecule has 1 aliphatic rings. The highest BCUT2D eigenvalue weighted by molar-refractivity contribution is 5.97. The van der Waals surface area contributed by atoms with E-state index in [1.165, 1.54) is 11.1 Å². The van der Waals surface area contributed by atoms with Crippen LogP contribution in [0, 0.1) is 13.8 Å². The zero-order valence-corrected chi connectivity index (χ0v) is 17.2. The summed E-state index contributed by atoms with van der Waals surface area (Å²) in [6.45, 7) is 3.96. The molecular formula is C25H24N4O. The summed E-state index contributed by atoms with van der Waals surface area (Å²) in [5.41, 5.74) is 6.78. The number of carbonyl (C=O) groups excluding carboxylic acids is 1. The van der Waals surface area contributed by atoms with Crippen LogP contribution in [0.15, 0.2) is 60.8 Å². The maximum absolute atomic E-state index is 13.3. The van der Waals surface area contributed by atoms with Gasteiger partial charge in [-0.1, -0.05) is 30.3 Å². The molecule has 30 heavy (non-hydrogen) atoms. The Morgan fingerprint density at radius 2 is 1.93 bits per heavy atom. The topological polar surface area (TPSA) is 59.8 Å². The summed E-state index contributed by atoms with van der Waals surface area (Å²) >= 11 is 0. The highest BCUT2D eigenvalue weighted by Gasteiger charge is 2.23. The van der Waals surface area contributed by atoms with E-state index in [4.69, 9.17) is 0 Å². The number of hydrogen-bond acceptors (Lipinski definition) is 3. The molecule has 0 aliphatic heterocycles. The fourth-order valence-electron chi connectivity index (χ4n) is 4.57. The maximum Gasteiger partial charge on any atom is 0.252 e. The number of imidazole rings is 1. The van der Waals surface area contributed by atoms with Gasteiger partial charge in [0.25, 0.3) is 5.91 Å². The van der Waals surface area contributed by atoms with E-state index in [0.717, 1.165) is 47.5 Å². The predicted molar refractivity (Wildman–Crippen MR) is 118 cm³/mol. The second kappa shape index (κ2) is 7.41. The zero-order valence-electron chi connectivity index (χ0n) is 17.2. The molecule has 4 aromatic rings. The van der Waals surface area contributed by atoms with Crippen LogP contribution in [0.5, 0.6) is 0 Å². The molecule has 0 fully saturated rings. The van der Waals surface area contributed by atoms with Gasteiger partial charge < -0.3 is 5.32 Å². The lowest BCUT2D eigenvalue weighted by Crippen LogP contribution is -2.31. The van der Waals surface area contributed by atoms with Crippen LogP contribution < -0.4 is 5.32 Å². The summed E-state index contributed by atoms with van der Waals surface area (Å²) in [6.07, 6.45) is 4.91. The SMILES string of the molecule is Cc1c(C(=O)N[C@@H]2CCCc3ccccc32)cccc1-n1c(C)nc2cccnc21. The third-order valence-electron chi connectivity index (χ3n) is 6.05. The normalized spacial score (nSPS) is 15.7. The van der Waals surface area contributed by atoms with Gasteiger partial charge in [0.1, 0.15) is 11.3 Å². The molecular weight excluding hydrogens is 372 g/mol. The van der Waals surface area contributed by atoms with Crippen molar-refractivity contribution in [2.24, 2.45) is 0 Å². The molecule has 2 heterocycles. The largest absolute Gasteiger partial charge is 0.345 e. The minimum Gasteiger partial charge on any atom is -0.345 e. The summed E-state index contributed by atoms with van der Waals surface area (Å²) in [4.78, 5) is 22.4. The van der Waals surface area contributed by atoms with Crippen LogP contribution in [0.2, 0.25) is 0 Å². The number of aryl methyl sites for hydroxylation is 2. The van der Waals surface area contributed by atoms with Crippen molar-refractivity contribution in [1.82, 2.24) is 19.9 Å². The first-order valence-corrected chi connectivity index (χ1v) is 10.4. The van der Waals surface area contributed by atoms with Crippen LogP contribution in [0.3, 0.4) is 0 Å². The van der Waals surface area contributed by atoms with Crippen LogP contribution in [0.25, 0.3) is 16.9 Å². The maximum atomic E-state index is 13.3. The summed E-state index contributed by atoms with van der Waals surface area (Å²) in [7, 11) is 0. The van der Waals surface area contributed by atoms with E-state index in [-0.39, 0.29) is 11.9 Å². The van der Waals surface area contributed by atoms with Gasteiger partial charge in [-0.25, -0.2) is 9.97 Å².